The summed E-state index contributed by atoms with van der Waals surface area (Å²) in [7, 11) is 0. The molecular formula is C10H13F3N2. The molecule has 1 atom stereocenters. The maximum atomic E-state index is 13.2. The average molecular weight is 218 g/mol. The van der Waals surface area contributed by atoms with Crippen LogP contribution >= 0.6 is 0 Å². The highest BCUT2D eigenvalue weighted by atomic mass is 19.2. The molecule has 5 heteroatoms. The molecule has 15 heavy (non-hydrogen) atoms. The van der Waals surface area contributed by atoms with E-state index < -0.39 is 23.5 Å². The molecule has 0 spiro atoms. The van der Waals surface area contributed by atoms with Crippen LogP contribution in [-0.2, 0) is 0 Å². The normalized spacial score (nSPS) is 12.9. The molecule has 2 nitrogen and oxygen atoms in total. The third-order valence-corrected chi connectivity index (χ3v) is 2.18. The first-order valence-electron chi connectivity index (χ1n) is 4.67. The summed E-state index contributed by atoms with van der Waals surface area (Å²) in [6, 6.07) is 1.38. The minimum atomic E-state index is -1.48. The lowest BCUT2D eigenvalue weighted by Gasteiger charge is -2.12. The molecule has 0 saturated heterocycles. The Morgan fingerprint density at radius 3 is 2.40 bits per heavy atom. The molecule has 0 aliphatic rings. The van der Waals surface area contributed by atoms with Crippen LogP contribution in [0.3, 0.4) is 0 Å². The number of benzene rings is 1. The van der Waals surface area contributed by atoms with Gasteiger partial charge in [-0.15, -0.1) is 0 Å². The van der Waals surface area contributed by atoms with Crippen LogP contribution in [0.15, 0.2) is 12.1 Å². The number of nitrogens with two attached hydrogens (primary N) is 2. The highest BCUT2D eigenvalue weighted by Gasteiger charge is 2.17. The number of halogens is 3. The first-order valence-corrected chi connectivity index (χ1v) is 4.67. The summed E-state index contributed by atoms with van der Waals surface area (Å²) >= 11 is 0. The second kappa shape index (κ2) is 5.14. The lowest BCUT2D eigenvalue weighted by molar-refractivity contribution is 0.432. The molecule has 1 aromatic rings. The quantitative estimate of drug-likeness (QED) is 0.757. The molecular weight excluding hydrogens is 205 g/mol. The molecule has 0 aliphatic carbocycles. The molecule has 0 amide bonds. The molecule has 0 aromatic heterocycles. The van der Waals surface area contributed by atoms with E-state index in [4.69, 9.17) is 11.5 Å². The van der Waals surface area contributed by atoms with Crippen molar-refractivity contribution in [3.8, 4) is 0 Å². The average Bonchev–Trinajstić information content (AvgIpc) is 2.23. The Labute approximate surface area is 86.1 Å². The lowest BCUT2D eigenvalue weighted by atomic mass is 10.0. The van der Waals surface area contributed by atoms with E-state index in [1.54, 1.807) is 0 Å². The zero-order chi connectivity index (χ0) is 11.4. The summed E-state index contributed by atoms with van der Waals surface area (Å²) in [5.41, 5.74) is 10.9. The summed E-state index contributed by atoms with van der Waals surface area (Å²) in [4.78, 5) is 0. The van der Waals surface area contributed by atoms with E-state index >= 15 is 0 Å². The minimum absolute atomic E-state index is 0.0117. The van der Waals surface area contributed by atoms with Crippen molar-refractivity contribution in [2.24, 2.45) is 11.5 Å². The van der Waals surface area contributed by atoms with Gasteiger partial charge in [-0.1, -0.05) is 6.07 Å². The van der Waals surface area contributed by atoms with Gasteiger partial charge in [0.1, 0.15) is 0 Å². The third kappa shape index (κ3) is 2.70. The third-order valence-electron chi connectivity index (χ3n) is 2.18. The second-order valence-corrected chi connectivity index (χ2v) is 3.30. The standard InChI is InChI=1S/C10H13F3N2/c11-7-4-3-6(9(12)10(7)13)8(15)2-1-5-14/h3-4,8H,1-2,5,14-15H2/t8-/m1/s1. The van der Waals surface area contributed by atoms with E-state index in [1.807, 2.05) is 0 Å². The van der Waals surface area contributed by atoms with E-state index in [2.05, 4.69) is 0 Å². The van der Waals surface area contributed by atoms with E-state index in [9.17, 15) is 13.2 Å². The van der Waals surface area contributed by atoms with Crippen molar-refractivity contribution in [3.05, 3.63) is 35.1 Å². The van der Waals surface area contributed by atoms with Crippen molar-refractivity contribution < 1.29 is 13.2 Å². The van der Waals surface area contributed by atoms with Crippen molar-refractivity contribution >= 4 is 0 Å². The Bertz CT molecular complexity index is 342. The van der Waals surface area contributed by atoms with Crippen molar-refractivity contribution in [1.29, 1.82) is 0 Å². The monoisotopic (exact) mass is 218 g/mol. The second-order valence-electron chi connectivity index (χ2n) is 3.30. The molecule has 0 radical (unpaired) electrons. The van der Waals surface area contributed by atoms with Gasteiger partial charge in [-0.3, -0.25) is 0 Å². The predicted octanol–water partition coefficient (Wildman–Crippen LogP) is 1.84. The van der Waals surface area contributed by atoms with Gasteiger partial charge in [0.25, 0.3) is 0 Å². The molecule has 4 N–H and O–H groups in total. The smallest absolute Gasteiger partial charge is 0.194 e. The predicted molar refractivity (Wildman–Crippen MR) is 51.5 cm³/mol. The van der Waals surface area contributed by atoms with Gasteiger partial charge in [-0.05, 0) is 25.5 Å². The highest BCUT2D eigenvalue weighted by molar-refractivity contribution is 5.23. The first kappa shape index (κ1) is 12.0. The maximum Gasteiger partial charge on any atom is 0.194 e. The van der Waals surface area contributed by atoms with Crippen molar-refractivity contribution in [2.45, 2.75) is 18.9 Å². The highest BCUT2D eigenvalue weighted by Crippen LogP contribution is 2.22. The van der Waals surface area contributed by atoms with Crippen LogP contribution < -0.4 is 11.5 Å². The minimum Gasteiger partial charge on any atom is -0.330 e. The SMILES string of the molecule is NCCC[C@@H](N)c1ccc(F)c(F)c1F. The van der Waals surface area contributed by atoms with Crippen molar-refractivity contribution in [3.63, 3.8) is 0 Å². The Hall–Kier alpha value is -1.07. The summed E-state index contributed by atoms with van der Waals surface area (Å²) in [5.74, 6) is -3.89. The fraction of sp³-hybridized carbons (Fsp3) is 0.400. The van der Waals surface area contributed by atoms with E-state index in [-0.39, 0.29) is 5.56 Å². The van der Waals surface area contributed by atoms with Gasteiger partial charge in [0, 0.05) is 11.6 Å². The fourth-order valence-electron chi connectivity index (χ4n) is 1.32. The van der Waals surface area contributed by atoms with Crippen molar-refractivity contribution in [2.75, 3.05) is 6.54 Å². The van der Waals surface area contributed by atoms with Crippen LogP contribution in [0.1, 0.15) is 24.4 Å². The number of rotatable bonds is 4. The van der Waals surface area contributed by atoms with Gasteiger partial charge in [0.2, 0.25) is 0 Å². The van der Waals surface area contributed by atoms with Gasteiger partial charge in [0.15, 0.2) is 17.5 Å². The largest absolute Gasteiger partial charge is 0.330 e. The van der Waals surface area contributed by atoms with Crippen LogP contribution in [0.4, 0.5) is 13.2 Å². The maximum absolute atomic E-state index is 13.2. The van der Waals surface area contributed by atoms with Gasteiger partial charge < -0.3 is 11.5 Å². The zero-order valence-electron chi connectivity index (χ0n) is 8.14. The number of hydrogen-bond donors (Lipinski definition) is 2. The molecule has 0 heterocycles. The Balaban J connectivity index is 2.90. The van der Waals surface area contributed by atoms with Crippen LogP contribution in [0, 0.1) is 17.5 Å². The molecule has 0 fully saturated rings. The van der Waals surface area contributed by atoms with E-state index in [0.717, 1.165) is 12.1 Å². The van der Waals surface area contributed by atoms with E-state index in [0.29, 0.717) is 19.4 Å². The number of hydrogen-bond acceptors (Lipinski definition) is 2. The molecule has 0 unspecified atom stereocenters. The Morgan fingerprint density at radius 2 is 1.80 bits per heavy atom. The summed E-state index contributed by atoms with van der Waals surface area (Å²) in [6.07, 6.45) is 1.05. The van der Waals surface area contributed by atoms with Crippen LogP contribution in [0.5, 0.6) is 0 Å². The first-order chi connectivity index (χ1) is 7.07. The Morgan fingerprint density at radius 1 is 1.13 bits per heavy atom. The molecule has 0 saturated carbocycles. The van der Waals surface area contributed by atoms with Crippen molar-refractivity contribution in [1.82, 2.24) is 0 Å². The lowest BCUT2D eigenvalue weighted by Crippen LogP contribution is -2.15. The molecule has 84 valence electrons. The molecule has 0 bridgehead atoms. The Kier molecular flexibility index (Phi) is 4.11. The molecule has 1 rings (SSSR count). The van der Waals surface area contributed by atoms with Crippen LogP contribution in [-0.4, -0.2) is 6.54 Å². The van der Waals surface area contributed by atoms with Crippen LogP contribution in [0.25, 0.3) is 0 Å². The van der Waals surface area contributed by atoms with E-state index in [1.165, 1.54) is 0 Å². The summed E-state index contributed by atoms with van der Waals surface area (Å²) < 4.78 is 38.7. The zero-order valence-corrected chi connectivity index (χ0v) is 8.14. The summed E-state index contributed by atoms with van der Waals surface area (Å²) in [5, 5.41) is 0. The van der Waals surface area contributed by atoms with Gasteiger partial charge >= 0.3 is 0 Å². The van der Waals surface area contributed by atoms with Gasteiger partial charge in [0.05, 0.1) is 0 Å². The molecule has 0 aliphatic heterocycles. The fourth-order valence-corrected chi connectivity index (χ4v) is 1.32. The van der Waals surface area contributed by atoms with Gasteiger partial charge in [-0.2, -0.15) is 0 Å². The molecule has 1 aromatic carbocycles. The van der Waals surface area contributed by atoms with Crippen LogP contribution in [0.2, 0.25) is 0 Å². The topological polar surface area (TPSA) is 52.0 Å². The summed E-state index contributed by atoms with van der Waals surface area (Å²) in [6.45, 7) is 0.430. The van der Waals surface area contributed by atoms with Gasteiger partial charge in [-0.25, -0.2) is 13.2 Å².